The number of nitrogens with two attached hydrogens (primary N) is 1. The Morgan fingerprint density at radius 2 is 1.55 bits per heavy atom. The number of hydrogen-bond donors (Lipinski definition) is 2. The van der Waals surface area contributed by atoms with Crippen LogP contribution in [0.5, 0.6) is 11.5 Å². The van der Waals surface area contributed by atoms with E-state index in [9.17, 15) is 4.79 Å². The van der Waals surface area contributed by atoms with E-state index >= 15 is 0 Å². The number of rotatable bonds is 4. The average molecular weight is 311 g/mol. The summed E-state index contributed by atoms with van der Waals surface area (Å²) in [7, 11) is 0. The molecule has 0 aliphatic carbocycles. The fourth-order valence-corrected chi connectivity index (χ4v) is 2.45. The summed E-state index contributed by atoms with van der Waals surface area (Å²) >= 11 is 0.725. The molecule has 0 spiro atoms. The molecule has 0 saturated heterocycles. The summed E-state index contributed by atoms with van der Waals surface area (Å²) in [5, 5.41) is 2.04. The van der Waals surface area contributed by atoms with E-state index in [1.165, 1.54) is 0 Å². The van der Waals surface area contributed by atoms with Crippen LogP contribution in [-0.4, -0.2) is 10.5 Å². The quantitative estimate of drug-likeness (QED) is 0.705. The zero-order valence-electron chi connectivity index (χ0n) is 11.5. The van der Waals surface area contributed by atoms with Crippen molar-refractivity contribution in [2.45, 2.75) is 4.90 Å². The lowest BCUT2D eigenvalue weighted by Crippen LogP contribution is -2.10. The summed E-state index contributed by atoms with van der Waals surface area (Å²) in [5.41, 5.74) is 5.65. The smallest absolute Gasteiger partial charge is 0.248 e. The van der Waals surface area contributed by atoms with E-state index in [0.717, 1.165) is 27.7 Å². The van der Waals surface area contributed by atoms with Gasteiger partial charge < -0.3 is 15.0 Å². The lowest BCUT2D eigenvalue weighted by atomic mass is 10.1. The molecule has 22 heavy (non-hydrogen) atoms. The maximum atomic E-state index is 11.0. The summed E-state index contributed by atoms with van der Waals surface area (Å²) < 4.78 is 14.8. The van der Waals surface area contributed by atoms with E-state index in [2.05, 4.69) is 0 Å². The van der Waals surface area contributed by atoms with Gasteiger partial charge >= 0.3 is 0 Å². The summed E-state index contributed by atoms with van der Waals surface area (Å²) in [6.07, 6.45) is 0. The van der Waals surface area contributed by atoms with Crippen molar-refractivity contribution in [3.05, 3.63) is 66.2 Å². The summed E-state index contributed by atoms with van der Waals surface area (Å²) in [6, 6.07) is 18.1. The van der Waals surface area contributed by atoms with Crippen LogP contribution in [0.1, 0.15) is 10.4 Å². The third-order valence-corrected chi connectivity index (χ3v) is 3.73. The molecule has 3 rings (SSSR count). The standard InChI is InChI=1S/C17H13NO3S/c18-17(19)11-1-5-14(6-2-11)21-15-7-3-13-10-16(22-20)8-4-12(13)9-15/h1-10,20H,(H2,18,19). The zero-order chi connectivity index (χ0) is 15.5. The lowest BCUT2D eigenvalue weighted by molar-refractivity contribution is 0.100. The molecule has 0 aliphatic heterocycles. The van der Waals surface area contributed by atoms with Crippen molar-refractivity contribution in [1.29, 1.82) is 0 Å². The molecular weight excluding hydrogens is 298 g/mol. The van der Waals surface area contributed by atoms with Crippen LogP contribution in [0.15, 0.2) is 65.6 Å². The molecule has 0 fully saturated rings. The van der Waals surface area contributed by atoms with Gasteiger partial charge in [0, 0.05) is 22.5 Å². The minimum atomic E-state index is -0.463. The van der Waals surface area contributed by atoms with Gasteiger partial charge in [-0.1, -0.05) is 12.1 Å². The van der Waals surface area contributed by atoms with Crippen LogP contribution in [0.4, 0.5) is 0 Å². The van der Waals surface area contributed by atoms with Crippen LogP contribution in [0.2, 0.25) is 0 Å². The molecule has 0 heterocycles. The molecule has 3 N–H and O–H groups in total. The van der Waals surface area contributed by atoms with Crippen LogP contribution in [0.25, 0.3) is 10.8 Å². The molecule has 0 unspecified atom stereocenters. The SMILES string of the molecule is NC(=O)c1ccc(Oc2ccc3cc(SO)ccc3c2)cc1. The summed E-state index contributed by atoms with van der Waals surface area (Å²) in [5.74, 6) is 0.866. The minimum Gasteiger partial charge on any atom is -0.457 e. The Hall–Kier alpha value is -2.50. The number of hydrogen-bond acceptors (Lipinski definition) is 4. The van der Waals surface area contributed by atoms with Crippen molar-refractivity contribution in [2.75, 3.05) is 0 Å². The highest BCUT2D eigenvalue weighted by Gasteiger charge is 2.03. The fraction of sp³-hybridized carbons (Fsp3) is 0. The van der Waals surface area contributed by atoms with Crippen LogP contribution in [0.3, 0.4) is 0 Å². The average Bonchev–Trinajstić information content (AvgIpc) is 2.55. The predicted molar refractivity (Wildman–Crippen MR) is 87.5 cm³/mol. The van der Waals surface area contributed by atoms with Gasteiger partial charge in [-0.25, -0.2) is 0 Å². The minimum absolute atomic E-state index is 0.444. The number of carbonyl (C=O) groups is 1. The van der Waals surface area contributed by atoms with Crippen molar-refractivity contribution >= 4 is 28.7 Å². The first-order valence-corrected chi connectivity index (χ1v) is 7.36. The Labute approximate surface area is 131 Å². The van der Waals surface area contributed by atoms with Crippen LogP contribution in [0, 0.1) is 0 Å². The predicted octanol–water partition coefficient (Wildman–Crippen LogP) is 4.30. The molecule has 0 saturated carbocycles. The third-order valence-electron chi connectivity index (χ3n) is 3.26. The number of benzene rings is 3. The summed E-state index contributed by atoms with van der Waals surface area (Å²) in [4.78, 5) is 11.8. The zero-order valence-corrected chi connectivity index (χ0v) is 12.3. The number of ether oxygens (including phenoxy) is 1. The van der Waals surface area contributed by atoms with Gasteiger partial charge in [-0.15, -0.1) is 0 Å². The van der Waals surface area contributed by atoms with Gasteiger partial charge in [-0.2, -0.15) is 0 Å². The van der Waals surface area contributed by atoms with Gasteiger partial charge in [0.25, 0.3) is 0 Å². The van der Waals surface area contributed by atoms with E-state index in [0.29, 0.717) is 17.1 Å². The number of fused-ring (bicyclic) bond motifs is 1. The van der Waals surface area contributed by atoms with E-state index in [-0.39, 0.29) is 0 Å². The molecule has 0 aromatic heterocycles. The Morgan fingerprint density at radius 3 is 2.23 bits per heavy atom. The largest absolute Gasteiger partial charge is 0.457 e. The second-order valence-electron chi connectivity index (χ2n) is 4.75. The fourth-order valence-electron chi connectivity index (χ4n) is 2.15. The van der Waals surface area contributed by atoms with Gasteiger partial charge in [0.2, 0.25) is 5.91 Å². The lowest BCUT2D eigenvalue weighted by Gasteiger charge is -2.08. The molecular formula is C17H13NO3S. The van der Waals surface area contributed by atoms with E-state index in [1.807, 2.05) is 36.4 Å². The van der Waals surface area contributed by atoms with Crippen molar-refractivity contribution in [3.63, 3.8) is 0 Å². The molecule has 5 heteroatoms. The Kier molecular flexibility index (Phi) is 4.00. The van der Waals surface area contributed by atoms with Crippen LogP contribution in [-0.2, 0) is 0 Å². The first-order valence-electron chi connectivity index (χ1n) is 6.59. The maximum absolute atomic E-state index is 11.0. The van der Waals surface area contributed by atoms with Crippen molar-refractivity contribution in [3.8, 4) is 11.5 Å². The third kappa shape index (κ3) is 3.05. The molecule has 3 aromatic rings. The Morgan fingerprint density at radius 1 is 0.909 bits per heavy atom. The molecule has 0 bridgehead atoms. The normalized spacial score (nSPS) is 10.6. The van der Waals surface area contributed by atoms with Crippen molar-refractivity contribution in [2.24, 2.45) is 5.73 Å². The first-order chi connectivity index (χ1) is 10.7. The number of amides is 1. The van der Waals surface area contributed by atoms with Crippen LogP contribution >= 0.6 is 12.0 Å². The Bertz CT molecular complexity index is 831. The first kappa shape index (κ1) is 14.4. The van der Waals surface area contributed by atoms with Gasteiger partial charge in [0.05, 0.1) is 0 Å². The molecule has 4 nitrogen and oxygen atoms in total. The van der Waals surface area contributed by atoms with E-state index < -0.39 is 5.91 Å². The van der Waals surface area contributed by atoms with Gasteiger partial charge in [0.1, 0.15) is 11.5 Å². The second-order valence-corrected chi connectivity index (χ2v) is 5.41. The number of primary amides is 1. The second kappa shape index (κ2) is 6.09. The number of carbonyl (C=O) groups excluding carboxylic acids is 1. The molecule has 0 radical (unpaired) electrons. The molecule has 110 valence electrons. The Balaban J connectivity index is 1.85. The van der Waals surface area contributed by atoms with E-state index in [4.69, 9.17) is 15.0 Å². The maximum Gasteiger partial charge on any atom is 0.248 e. The van der Waals surface area contributed by atoms with Crippen molar-refractivity contribution in [1.82, 2.24) is 0 Å². The van der Waals surface area contributed by atoms with Gasteiger partial charge in [0.15, 0.2) is 0 Å². The van der Waals surface area contributed by atoms with Crippen LogP contribution < -0.4 is 10.5 Å². The highest BCUT2D eigenvalue weighted by molar-refractivity contribution is 7.93. The van der Waals surface area contributed by atoms with Crippen molar-refractivity contribution < 1.29 is 14.1 Å². The molecule has 3 aromatic carbocycles. The highest BCUT2D eigenvalue weighted by atomic mass is 32.2. The monoisotopic (exact) mass is 311 g/mol. The van der Waals surface area contributed by atoms with E-state index in [1.54, 1.807) is 24.3 Å². The molecule has 0 aliphatic rings. The molecule has 1 amide bonds. The molecule has 0 atom stereocenters. The topological polar surface area (TPSA) is 72.6 Å². The highest BCUT2D eigenvalue weighted by Crippen LogP contribution is 2.28. The van der Waals surface area contributed by atoms with Gasteiger partial charge in [-0.05, 0) is 59.3 Å². The summed E-state index contributed by atoms with van der Waals surface area (Å²) in [6.45, 7) is 0. The van der Waals surface area contributed by atoms with Gasteiger partial charge in [-0.3, -0.25) is 4.79 Å².